The fourth-order valence-corrected chi connectivity index (χ4v) is 4.72. The molecule has 3 fully saturated rings. The molecule has 0 radical (unpaired) electrons. The Labute approximate surface area is 182 Å². The predicted molar refractivity (Wildman–Crippen MR) is 111 cm³/mol. The quantitative estimate of drug-likeness (QED) is 0.705. The molecule has 1 aromatic carbocycles. The normalized spacial score (nSPS) is 22.8. The van der Waals surface area contributed by atoms with E-state index in [0.717, 1.165) is 18.4 Å². The van der Waals surface area contributed by atoms with Gasteiger partial charge < -0.3 is 19.4 Å². The van der Waals surface area contributed by atoms with E-state index in [4.69, 9.17) is 4.74 Å². The van der Waals surface area contributed by atoms with E-state index in [1.165, 1.54) is 12.1 Å². The second-order valence-electron chi connectivity index (χ2n) is 8.76. The number of nitrogens with zero attached hydrogens (tertiary/aromatic N) is 3. The smallest absolute Gasteiger partial charge is 0.228 e. The van der Waals surface area contributed by atoms with Gasteiger partial charge in [0.15, 0.2) is 0 Å². The van der Waals surface area contributed by atoms with Crippen LogP contribution in [0.2, 0.25) is 0 Å². The number of piperidine rings is 1. The molecule has 31 heavy (non-hydrogen) atoms. The van der Waals surface area contributed by atoms with Crippen LogP contribution in [0.15, 0.2) is 24.3 Å². The molecule has 3 heterocycles. The van der Waals surface area contributed by atoms with Crippen LogP contribution in [-0.2, 0) is 25.5 Å². The zero-order valence-electron chi connectivity index (χ0n) is 17.8. The molecule has 0 aromatic heterocycles. The predicted octanol–water partition coefficient (Wildman–Crippen LogP) is 1.31. The summed E-state index contributed by atoms with van der Waals surface area (Å²) in [6, 6.07) is 6.04. The Bertz CT molecular complexity index is 802. The number of amides is 3. The topological polar surface area (TPSA) is 70.2 Å². The largest absolute Gasteiger partial charge is 0.378 e. The molecule has 1 aromatic rings. The van der Waals surface area contributed by atoms with Gasteiger partial charge >= 0.3 is 0 Å². The van der Waals surface area contributed by atoms with Gasteiger partial charge in [0.1, 0.15) is 5.82 Å². The fourth-order valence-electron chi connectivity index (χ4n) is 4.72. The van der Waals surface area contributed by atoms with Crippen molar-refractivity contribution in [1.29, 1.82) is 0 Å². The molecule has 7 nitrogen and oxygen atoms in total. The van der Waals surface area contributed by atoms with Gasteiger partial charge in [-0.2, -0.15) is 0 Å². The molecular weight excluding hydrogens is 401 g/mol. The maximum atomic E-state index is 13.0. The van der Waals surface area contributed by atoms with Crippen molar-refractivity contribution in [2.24, 2.45) is 11.8 Å². The van der Waals surface area contributed by atoms with E-state index < -0.39 is 0 Å². The molecular formula is C23H30FN3O4. The molecule has 0 aliphatic carbocycles. The highest BCUT2D eigenvalue weighted by Gasteiger charge is 2.38. The Balaban J connectivity index is 1.22. The Morgan fingerprint density at radius 1 is 1.00 bits per heavy atom. The first-order valence-electron chi connectivity index (χ1n) is 11.2. The summed E-state index contributed by atoms with van der Waals surface area (Å²) in [5.41, 5.74) is 0.812. The molecule has 0 N–H and O–H groups in total. The Hall–Kier alpha value is -2.48. The van der Waals surface area contributed by atoms with Crippen LogP contribution in [0.5, 0.6) is 0 Å². The summed E-state index contributed by atoms with van der Waals surface area (Å²) in [5, 5.41) is 0. The molecule has 1 unspecified atom stereocenters. The van der Waals surface area contributed by atoms with Gasteiger partial charge in [-0.15, -0.1) is 0 Å². The summed E-state index contributed by atoms with van der Waals surface area (Å²) in [5.74, 6) is -0.0262. The van der Waals surface area contributed by atoms with Gasteiger partial charge in [-0.25, -0.2) is 4.39 Å². The Kier molecular flexibility index (Phi) is 6.85. The summed E-state index contributed by atoms with van der Waals surface area (Å²) in [4.78, 5) is 43.2. The third kappa shape index (κ3) is 5.42. The minimum Gasteiger partial charge on any atom is -0.378 e. The van der Waals surface area contributed by atoms with Gasteiger partial charge in [0.05, 0.1) is 25.6 Å². The molecule has 1 atom stereocenters. The van der Waals surface area contributed by atoms with Crippen LogP contribution in [-0.4, -0.2) is 84.9 Å². The van der Waals surface area contributed by atoms with Crippen LogP contribution in [0.1, 0.15) is 24.8 Å². The zero-order chi connectivity index (χ0) is 21.8. The number of ether oxygens (including phenoxy) is 1. The summed E-state index contributed by atoms with van der Waals surface area (Å²) in [6.07, 6.45) is 2.27. The van der Waals surface area contributed by atoms with Gasteiger partial charge in [-0.3, -0.25) is 14.4 Å². The van der Waals surface area contributed by atoms with Crippen molar-refractivity contribution in [2.45, 2.75) is 25.7 Å². The lowest BCUT2D eigenvalue weighted by molar-refractivity contribution is -0.139. The highest BCUT2D eigenvalue weighted by molar-refractivity contribution is 5.89. The molecule has 0 spiro atoms. The van der Waals surface area contributed by atoms with Crippen molar-refractivity contribution in [2.75, 3.05) is 52.5 Å². The van der Waals surface area contributed by atoms with E-state index in [0.29, 0.717) is 64.8 Å². The third-order valence-corrected chi connectivity index (χ3v) is 6.60. The second kappa shape index (κ2) is 9.77. The highest BCUT2D eigenvalue weighted by Crippen LogP contribution is 2.25. The van der Waals surface area contributed by atoms with Gasteiger partial charge in [0.25, 0.3) is 0 Å². The average Bonchev–Trinajstić information content (AvgIpc) is 3.16. The molecule has 3 aliphatic heterocycles. The highest BCUT2D eigenvalue weighted by atomic mass is 19.1. The van der Waals surface area contributed by atoms with Gasteiger partial charge in [0.2, 0.25) is 17.7 Å². The molecule has 4 rings (SSSR count). The van der Waals surface area contributed by atoms with Gasteiger partial charge in [0, 0.05) is 45.7 Å². The summed E-state index contributed by atoms with van der Waals surface area (Å²) < 4.78 is 18.3. The molecule has 168 valence electrons. The third-order valence-electron chi connectivity index (χ3n) is 6.60. The van der Waals surface area contributed by atoms with Crippen LogP contribution < -0.4 is 0 Å². The van der Waals surface area contributed by atoms with Gasteiger partial charge in [-0.1, -0.05) is 12.1 Å². The van der Waals surface area contributed by atoms with E-state index >= 15 is 0 Å². The lowest BCUT2D eigenvalue weighted by Crippen LogP contribution is -2.45. The van der Waals surface area contributed by atoms with E-state index in [1.54, 1.807) is 12.1 Å². The standard InChI is InChI=1S/C23H30FN3O4/c24-20-3-1-17(2-4-20)13-21(28)25-7-5-18(6-8-25)15-27-16-19(14-22(27)29)23(30)26-9-11-31-12-10-26/h1-4,18-19H,5-16H2. The first kappa shape index (κ1) is 21.7. The minimum atomic E-state index is -0.303. The SMILES string of the molecule is O=C(Cc1ccc(F)cc1)N1CCC(CN2CC(C(=O)N3CCOCC3)CC2=O)CC1. The fraction of sp³-hybridized carbons (Fsp3) is 0.609. The monoisotopic (exact) mass is 431 g/mol. The van der Waals surface area contributed by atoms with Crippen LogP contribution in [0.3, 0.4) is 0 Å². The van der Waals surface area contributed by atoms with Crippen molar-refractivity contribution in [3.8, 4) is 0 Å². The lowest BCUT2D eigenvalue weighted by Gasteiger charge is -2.34. The molecule has 0 bridgehead atoms. The van der Waals surface area contributed by atoms with Gasteiger partial charge in [-0.05, 0) is 36.5 Å². The Morgan fingerprint density at radius 2 is 1.68 bits per heavy atom. The number of halogens is 1. The second-order valence-corrected chi connectivity index (χ2v) is 8.76. The minimum absolute atomic E-state index is 0.0541. The zero-order valence-corrected chi connectivity index (χ0v) is 17.8. The number of carbonyl (C=O) groups is 3. The number of rotatable bonds is 5. The van der Waals surface area contributed by atoms with Crippen LogP contribution >= 0.6 is 0 Å². The number of hydrogen-bond donors (Lipinski definition) is 0. The van der Waals surface area contributed by atoms with E-state index in [1.807, 2.05) is 14.7 Å². The summed E-state index contributed by atoms with van der Waals surface area (Å²) >= 11 is 0. The van der Waals surface area contributed by atoms with Crippen molar-refractivity contribution in [3.63, 3.8) is 0 Å². The Morgan fingerprint density at radius 3 is 2.35 bits per heavy atom. The number of hydrogen-bond acceptors (Lipinski definition) is 4. The first-order chi connectivity index (χ1) is 15.0. The average molecular weight is 432 g/mol. The molecule has 3 saturated heterocycles. The van der Waals surface area contributed by atoms with E-state index in [-0.39, 0.29) is 35.9 Å². The van der Waals surface area contributed by atoms with Crippen molar-refractivity contribution < 1.29 is 23.5 Å². The number of benzene rings is 1. The maximum absolute atomic E-state index is 13.0. The van der Waals surface area contributed by atoms with Crippen molar-refractivity contribution >= 4 is 17.7 Å². The summed E-state index contributed by atoms with van der Waals surface area (Å²) in [6.45, 7) is 4.83. The number of carbonyl (C=O) groups excluding carboxylic acids is 3. The maximum Gasteiger partial charge on any atom is 0.228 e. The van der Waals surface area contributed by atoms with Crippen LogP contribution in [0.4, 0.5) is 4.39 Å². The summed E-state index contributed by atoms with van der Waals surface area (Å²) in [7, 11) is 0. The molecule has 0 saturated carbocycles. The molecule has 3 amide bonds. The van der Waals surface area contributed by atoms with E-state index in [2.05, 4.69) is 0 Å². The number of likely N-dealkylation sites (tertiary alicyclic amines) is 2. The van der Waals surface area contributed by atoms with Crippen LogP contribution in [0, 0.1) is 17.7 Å². The van der Waals surface area contributed by atoms with Crippen LogP contribution in [0.25, 0.3) is 0 Å². The molecule has 3 aliphatic rings. The van der Waals surface area contributed by atoms with Crippen molar-refractivity contribution in [3.05, 3.63) is 35.6 Å². The molecule has 8 heteroatoms. The van der Waals surface area contributed by atoms with E-state index in [9.17, 15) is 18.8 Å². The first-order valence-corrected chi connectivity index (χ1v) is 11.2. The lowest BCUT2D eigenvalue weighted by atomic mass is 9.95. The van der Waals surface area contributed by atoms with Crippen molar-refractivity contribution in [1.82, 2.24) is 14.7 Å². The number of morpholine rings is 1.